The minimum absolute atomic E-state index is 0.815. The average Bonchev–Trinajstić information content (AvgIpc) is 2.09. The summed E-state index contributed by atoms with van der Waals surface area (Å²) in [5, 5.41) is 0. The first-order chi connectivity index (χ1) is 5.38. The molecule has 0 amide bonds. The highest BCUT2D eigenvalue weighted by Crippen LogP contribution is 2.12. The summed E-state index contributed by atoms with van der Waals surface area (Å²) in [4.78, 5) is 1.93. The minimum atomic E-state index is 0.815. The second-order valence-electron chi connectivity index (χ2n) is 2.25. The summed E-state index contributed by atoms with van der Waals surface area (Å²) >= 11 is 3.31. The molecular weight excluding hydrogens is 202 g/mol. The zero-order valence-corrected chi connectivity index (χ0v) is 7.84. The SMILES string of the molecule is [NH3+]CC(=CBr)c1ccccc1. The lowest BCUT2D eigenvalue weighted by atomic mass is 10.1. The highest BCUT2D eigenvalue weighted by Gasteiger charge is 1.97. The molecule has 0 spiro atoms. The third-order valence-electron chi connectivity index (χ3n) is 1.55. The van der Waals surface area contributed by atoms with Gasteiger partial charge in [-0.3, -0.25) is 0 Å². The van der Waals surface area contributed by atoms with Gasteiger partial charge in [0, 0.05) is 5.57 Å². The van der Waals surface area contributed by atoms with E-state index in [1.54, 1.807) is 0 Å². The fraction of sp³-hybridized carbons (Fsp3) is 0.111. The van der Waals surface area contributed by atoms with Gasteiger partial charge in [0.1, 0.15) is 6.54 Å². The van der Waals surface area contributed by atoms with Gasteiger partial charge >= 0.3 is 0 Å². The molecule has 0 aliphatic heterocycles. The largest absolute Gasteiger partial charge is 0.354 e. The molecule has 0 saturated heterocycles. The summed E-state index contributed by atoms with van der Waals surface area (Å²) in [6, 6.07) is 10.2. The highest BCUT2D eigenvalue weighted by molar-refractivity contribution is 9.11. The molecule has 1 aromatic rings. The summed E-state index contributed by atoms with van der Waals surface area (Å²) in [7, 11) is 0. The van der Waals surface area contributed by atoms with Crippen LogP contribution in [0, 0.1) is 0 Å². The Balaban J connectivity index is 2.92. The van der Waals surface area contributed by atoms with E-state index in [4.69, 9.17) is 0 Å². The second kappa shape index (κ2) is 4.31. The van der Waals surface area contributed by atoms with Gasteiger partial charge in [0.25, 0.3) is 0 Å². The van der Waals surface area contributed by atoms with Crippen LogP contribution in [-0.2, 0) is 0 Å². The van der Waals surface area contributed by atoms with Crippen molar-refractivity contribution in [1.29, 1.82) is 0 Å². The van der Waals surface area contributed by atoms with Crippen molar-refractivity contribution < 1.29 is 5.73 Å². The van der Waals surface area contributed by atoms with Crippen molar-refractivity contribution in [1.82, 2.24) is 0 Å². The molecule has 0 unspecified atom stereocenters. The van der Waals surface area contributed by atoms with Gasteiger partial charge in [-0.25, -0.2) is 0 Å². The van der Waals surface area contributed by atoms with Crippen LogP contribution < -0.4 is 5.73 Å². The summed E-state index contributed by atoms with van der Waals surface area (Å²) in [5.74, 6) is 0. The van der Waals surface area contributed by atoms with Crippen LogP contribution in [0.15, 0.2) is 35.3 Å². The van der Waals surface area contributed by atoms with Crippen molar-refractivity contribution >= 4 is 21.5 Å². The molecule has 0 saturated carbocycles. The molecule has 58 valence electrons. The molecule has 11 heavy (non-hydrogen) atoms. The monoisotopic (exact) mass is 212 g/mol. The van der Waals surface area contributed by atoms with E-state index in [-0.39, 0.29) is 0 Å². The van der Waals surface area contributed by atoms with Gasteiger partial charge in [-0.15, -0.1) is 0 Å². The van der Waals surface area contributed by atoms with Crippen molar-refractivity contribution in [2.45, 2.75) is 0 Å². The number of hydrogen-bond acceptors (Lipinski definition) is 0. The van der Waals surface area contributed by atoms with E-state index in [0.29, 0.717) is 0 Å². The van der Waals surface area contributed by atoms with Gasteiger partial charge < -0.3 is 5.73 Å². The maximum absolute atomic E-state index is 3.83. The third-order valence-corrected chi connectivity index (χ3v) is 2.10. The van der Waals surface area contributed by atoms with Crippen LogP contribution >= 0.6 is 15.9 Å². The topological polar surface area (TPSA) is 27.6 Å². The summed E-state index contributed by atoms with van der Waals surface area (Å²) in [6.45, 7) is 0.815. The van der Waals surface area contributed by atoms with Gasteiger partial charge in [-0.1, -0.05) is 46.3 Å². The zero-order valence-electron chi connectivity index (χ0n) is 6.26. The molecule has 0 atom stereocenters. The van der Waals surface area contributed by atoms with Gasteiger partial charge in [0.05, 0.1) is 0 Å². The zero-order chi connectivity index (χ0) is 8.10. The molecule has 0 radical (unpaired) electrons. The number of rotatable bonds is 2. The van der Waals surface area contributed by atoms with Gasteiger partial charge in [-0.05, 0) is 10.5 Å². The Kier molecular flexibility index (Phi) is 3.33. The first kappa shape index (κ1) is 8.50. The molecule has 0 aromatic heterocycles. The Hall–Kier alpha value is -0.600. The Morgan fingerprint density at radius 3 is 2.45 bits per heavy atom. The molecule has 1 aromatic carbocycles. The van der Waals surface area contributed by atoms with E-state index in [1.165, 1.54) is 11.1 Å². The normalized spacial score (nSPS) is 11.6. The summed E-state index contributed by atoms with van der Waals surface area (Å²) < 4.78 is 0. The van der Waals surface area contributed by atoms with Crippen molar-refractivity contribution in [3.05, 3.63) is 40.9 Å². The molecule has 0 aliphatic carbocycles. The summed E-state index contributed by atoms with van der Waals surface area (Å²) in [6.07, 6.45) is 0. The van der Waals surface area contributed by atoms with Crippen molar-refractivity contribution in [3.63, 3.8) is 0 Å². The molecule has 0 heterocycles. The smallest absolute Gasteiger partial charge is 0.101 e. The van der Waals surface area contributed by atoms with Crippen LogP contribution in [0.25, 0.3) is 5.57 Å². The molecule has 1 rings (SSSR count). The molecule has 0 fully saturated rings. The van der Waals surface area contributed by atoms with Crippen LogP contribution in [0.3, 0.4) is 0 Å². The first-order valence-corrected chi connectivity index (χ1v) is 4.44. The van der Waals surface area contributed by atoms with E-state index in [1.807, 2.05) is 23.2 Å². The maximum atomic E-state index is 3.83. The Bertz CT molecular complexity index is 241. The van der Waals surface area contributed by atoms with Gasteiger partial charge in [0.15, 0.2) is 0 Å². The van der Waals surface area contributed by atoms with Crippen LogP contribution in [0.5, 0.6) is 0 Å². The molecule has 3 N–H and O–H groups in total. The number of hydrogen-bond donors (Lipinski definition) is 1. The van der Waals surface area contributed by atoms with Crippen LogP contribution in [0.4, 0.5) is 0 Å². The molecule has 0 bridgehead atoms. The van der Waals surface area contributed by atoms with Crippen LogP contribution in [0.1, 0.15) is 5.56 Å². The van der Waals surface area contributed by atoms with Crippen molar-refractivity contribution in [2.24, 2.45) is 0 Å². The quantitative estimate of drug-likeness (QED) is 0.773. The Labute approximate surface area is 75.0 Å². The van der Waals surface area contributed by atoms with E-state index >= 15 is 0 Å². The van der Waals surface area contributed by atoms with Gasteiger partial charge in [-0.2, -0.15) is 0 Å². The van der Waals surface area contributed by atoms with Crippen molar-refractivity contribution in [2.75, 3.05) is 6.54 Å². The molecule has 0 aliphatic rings. The molecule has 2 heteroatoms. The van der Waals surface area contributed by atoms with Crippen LogP contribution in [0.2, 0.25) is 0 Å². The Morgan fingerprint density at radius 2 is 2.00 bits per heavy atom. The fourth-order valence-electron chi connectivity index (χ4n) is 0.914. The lowest BCUT2D eigenvalue weighted by molar-refractivity contribution is -0.349. The maximum Gasteiger partial charge on any atom is 0.101 e. The number of quaternary nitrogens is 1. The fourth-order valence-corrected chi connectivity index (χ4v) is 1.41. The van der Waals surface area contributed by atoms with Gasteiger partial charge in [0.2, 0.25) is 0 Å². The first-order valence-electron chi connectivity index (χ1n) is 3.52. The third kappa shape index (κ3) is 2.17. The molecule has 1 nitrogen and oxygen atoms in total. The van der Waals surface area contributed by atoms with E-state index < -0.39 is 0 Å². The predicted octanol–water partition coefficient (Wildman–Crippen LogP) is 1.66. The second-order valence-corrected chi connectivity index (χ2v) is 2.71. The van der Waals surface area contributed by atoms with E-state index in [9.17, 15) is 0 Å². The van der Waals surface area contributed by atoms with E-state index in [2.05, 4.69) is 33.8 Å². The number of halogens is 1. The lowest BCUT2D eigenvalue weighted by Gasteiger charge is -1.99. The van der Waals surface area contributed by atoms with Crippen LogP contribution in [-0.4, -0.2) is 6.54 Å². The standard InChI is InChI=1S/C9H10BrN/c10-6-9(7-11)8-4-2-1-3-5-8/h1-6H,7,11H2/p+1. The minimum Gasteiger partial charge on any atom is -0.354 e. The summed E-state index contributed by atoms with van der Waals surface area (Å²) in [5.41, 5.74) is 6.30. The highest BCUT2D eigenvalue weighted by atomic mass is 79.9. The van der Waals surface area contributed by atoms with Crippen molar-refractivity contribution in [3.8, 4) is 0 Å². The lowest BCUT2D eigenvalue weighted by Crippen LogP contribution is -2.50. The van der Waals surface area contributed by atoms with E-state index in [0.717, 1.165) is 6.54 Å². The number of benzene rings is 1. The predicted molar refractivity (Wildman–Crippen MR) is 51.1 cm³/mol. The Morgan fingerprint density at radius 1 is 1.36 bits per heavy atom. The molecular formula is C9H11BrN+. The average molecular weight is 213 g/mol.